The van der Waals surface area contributed by atoms with Gasteiger partial charge in [-0.15, -0.1) is 0 Å². The molecule has 0 bridgehead atoms. The van der Waals surface area contributed by atoms with Gasteiger partial charge in [0.2, 0.25) is 5.91 Å². The van der Waals surface area contributed by atoms with E-state index in [9.17, 15) is 4.79 Å². The highest BCUT2D eigenvalue weighted by Crippen LogP contribution is 2.24. The van der Waals surface area contributed by atoms with E-state index in [2.05, 4.69) is 21.7 Å². The average Bonchev–Trinajstić information content (AvgIpc) is 3.11. The van der Waals surface area contributed by atoms with E-state index >= 15 is 0 Å². The van der Waals surface area contributed by atoms with Crippen LogP contribution in [0.5, 0.6) is 0 Å². The molecule has 1 atom stereocenters. The Morgan fingerprint density at radius 1 is 1.40 bits per heavy atom. The summed E-state index contributed by atoms with van der Waals surface area (Å²) in [7, 11) is 0. The molecule has 1 amide bonds. The van der Waals surface area contributed by atoms with Gasteiger partial charge in [-0.05, 0) is 25.0 Å². The number of hydrogen-bond donors (Lipinski definition) is 2. The van der Waals surface area contributed by atoms with Crippen LogP contribution in [-0.2, 0) is 9.53 Å². The first-order valence-electron chi connectivity index (χ1n) is 6.82. The molecule has 1 aromatic heterocycles. The third-order valence-corrected chi connectivity index (χ3v) is 4.21. The highest BCUT2D eigenvalue weighted by molar-refractivity contribution is 7.22. The molecular weight excluding hydrogens is 274 g/mol. The fraction of sp³-hybridized carbons (Fsp3) is 0.429. The summed E-state index contributed by atoms with van der Waals surface area (Å²) in [5.74, 6) is -0.00593. The minimum absolute atomic E-state index is 0.00593. The first kappa shape index (κ1) is 13.3. The zero-order chi connectivity index (χ0) is 13.8. The second kappa shape index (κ2) is 6.19. The molecule has 106 valence electrons. The van der Waals surface area contributed by atoms with Gasteiger partial charge in [-0.1, -0.05) is 23.5 Å². The van der Waals surface area contributed by atoms with Crippen LogP contribution in [0.1, 0.15) is 12.8 Å². The molecule has 0 unspecified atom stereocenters. The number of carbonyl (C=O) groups is 1. The van der Waals surface area contributed by atoms with Crippen molar-refractivity contribution in [3.8, 4) is 0 Å². The maximum absolute atomic E-state index is 11.7. The molecule has 1 aliphatic rings. The van der Waals surface area contributed by atoms with Crippen molar-refractivity contribution in [2.45, 2.75) is 18.9 Å². The highest BCUT2D eigenvalue weighted by Gasteiger charge is 2.22. The molecule has 2 N–H and O–H groups in total. The number of amides is 1. The van der Waals surface area contributed by atoms with Gasteiger partial charge in [0.25, 0.3) is 0 Å². The van der Waals surface area contributed by atoms with Crippen molar-refractivity contribution in [1.29, 1.82) is 0 Å². The van der Waals surface area contributed by atoms with Crippen LogP contribution in [0.2, 0.25) is 0 Å². The zero-order valence-corrected chi connectivity index (χ0v) is 11.9. The number of para-hydroxylation sites is 1. The molecule has 0 radical (unpaired) electrons. The van der Waals surface area contributed by atoms with Gasteiger partial charge >= 0.3 is 0 Å². The molecule has 1 aliphatic heterocycles. The lowest BCUT2D eigenvalue weighted by molar-refractivity contribution is -0.129. The molecule has 2 aromatic rings. The fourth-order valence-electron chi connectivity index (χ4n) is 2.20. The second-order valence-electron chi connectivity index (χ2n) is 4.71. The van der Waals surface area contributed by atoms with E-state index in [1.54, 1.807) is 11.3 Å². The zero-order valence-electron chi connectivity index (χ0n) is 11.1. The Hall–Kier alpha value is -1.66. The minimum Gasteiger partial charge on any atom is -0.368 e. The predicted octanol–water partition coefficient (Wildman–Crippen LogP) is 2.00. The maximum Gasteiger partial charge on any atom is 0.249 e. The highest BCUT2D eigenvalue weighted by atomic mass is 32.1. The van der Waals surface area contributed by atoms with Crippen molar-refractivity contribution in [1.82, 2.24) is 10.3 Å². The Morgan fingerprint density at radius 2 is 2.30 bits per heavy atom. The summed E-state index contributed by atoms with van der Waals surface area (Å²) in [4.78, 5) is 16.2. The van der Waals surface area contributed by atoms with Gasteiger partial charge in [0.1, 0.15) is 6.10 Å². The SMILES string of the molecule is O=C(NCCNc1nc2ccccc2s1)[C@H]1CCCO1. The number of hydrogen-bond acceptors (Lipinski definition) is 5. The number of ether oxygens (including phenoxy) is 1. The van der Waals surface area contributed by atoms with E-state index in [-0.39, 0.29) is 12.0 Å². The topological polar surface area (TPSA) is 63.2 Å². The molecular formula is C14H17N3O2S. The van der Waals surface area contributed by atoms with Crippen LogP contribution in [0.25, 0.3) is 10.2 Å². The van der Waals surface area contributed by atoms with Crippen LogP contribution in [0.4, 0.5) is 5.13 Å². The van der Waals surface area contributed by atoms with Crippen LogP contribution in [0.15, 0.2) is 24.3 Å². The van der Waals surface area contributed by atoms with Crippen LogP contribution in [0.3, 0.4) is 0 Å². The first-order chi connectivity index (χ1) is 9.83. The number of aromatic nitrogens is 1. The van der Waals surface area contributed by atoms with Gasteiger partial charge in [-0.2, -0.15) is 0 Å². The predicted molar refractivity (Wildman–Crippen MR) is 80.1 cm³/mol. The molecule has 1 saturated heterocycles. The van der Waals surface area contributed by atoms with E-state index in [0.29, 0.717) is 19.7 Å². The van der Waals surface area contributed by atoms with Gasteiger partial charge in [0, 0.05) is 19.7 Å². The van der Waals surface area contributed by atoms with Crippen molar-refractivity contribution < 1.29 is 9.53 Å². The summed E-state index contributed by atoms with van der Waals surface area (Å²) in [5.41, 5.74) is 1.00. The summed E-state index contributed by atoms with van der Waals surface area (Å²) in [6.07, 6.45) is 1.55. The largest absolute Gasteiger partial charge is 0.368 e. The fourth-order valence-corrected chi connectivity index (χ4v) is 3.09. The van der Waals surface area contributed by atoms with Crippen LogP contribution in [-0.4, -0.2) is 36.7 Å². The van der Waals surface area contributed by atoms with Crippen molar-refractivity contribution in [2.24, 2.45) is 0 Å². The van der Waals surface area contributed by atoms with Crippen molar-refractivity contribution in [3.05, 3.63) is 24.3 Å². The Labute approximate surface area is 121 Å². The second-order valence-corrected chi connectivity index (χ2v) is 5.74. The number of anilines is 1. The molecule has 20 heavy (non-hydrogen) atoms. The van der Waals surface area contributed by atoms with E-state index in [1.807, 2.05) is 18.2 Å². The standard InChI is InChI=1S/C14H17N3O2S/c18-13(11-5-3-9-19-11)15-7-8-16-14-17-10-4-1-2-6-12(10)20-14/h1-2,4,6,11H,3,5,7-9H2,(H,15,18)(H,16,17)/t11-/m1/s1. The number of benzene rings is 1. The number of fused-ring (bicyclic) bond motifs is 1. The van der Waals surface area contributed by atoms with Crippen LogP contribution < -0.4 is 10.6 Å². The summed E-state index contributed by atoms with van der Waals surface area (Å²) >= 11 is 1.62. The lowest BCUT2D eigenvalue weighted by atomic mass is 10.2. The van der Waals surface area contributed by atoms with E-state index in [4.69, 9.17) is 4.74 Å². The summed E-state index contributed by atoms with van der Waals surface area (Å²) in [6.45, 7) is 1.94. The quantitative estimate of drug-likeness (QED) is 0.827. The molecule has 6 heteroatoms. The summed E-state index contributed by atoms with van der Waals surface area (Å²) < 4.78 is 6.49. The monoisotopic (exact) mass is 291 g/mol. The number of thiazole rings is 1. The van der Waals surface area contributed by atoms with Gasteiger partial charge in [0.05, 0.1) is 10.2 Å². The number of nitrogens with one attached hydrogen (secondary N) is 2. The molecule has 3 rings (SSSR count). The van der Waals surface area contributed by atoms with Gasteiger partial charge < -0.3 is 15.4 Å². The molecule has 0 saturated carbocycles. The number of nitrogens with zero attached hydrogens (tertiary/aromatic N) is 1. The summed E-state index contributed by atoms with van der Waals surface area (Å²) in [5, 5.41) is 7.00. The average molecular weight is 291 g/mol. The van der Waals surface area contributed by atoms with Gasteiger partial charge in [-0.3, -0.25) is 4.79 Å². The van der Waals surface area contributed by atoms with E-state index in [1.165, 1.54) is 4.70 Å². The third kappa shape index (κ3) is 3.08. The van der Waals surface area contributed by atoms with E-state index in [0.717, 1.165) is 23.5 Å². The Morgan fingerprint density at radius 3 is 3.10 bits per heavy atom. The Bertz CT molecular complexity index is 560. The van der Waals surface area contributed by atoms with Crippen LogP contribution >= 0.6 is 11.3 Å². The lowest BCUT2D eigenvalue weighted by Gasteiger charge is -2.10. The number of carbonyl (C=O) groups excluding carboxylic acids is 1. The molecule has 1 fully saturated rings. The Kier molecular flexibility index (Phi) is 4.13. The summed E-state index contributed by atoms with van der Waals surface area (Å²) in [6, 6.07) is 8.04. The molecule has 1 aromatic carbocycles. The lowest BCUT2D eigenvalue weighted by Crippen LogP contribution is -2.36. The van der Waals surface area contributed by atoms with Gasteiger partial charge in [-0.25, -0.2) is 4.98 Å². The van der Waals surface area contributed by atoms with Crippen molar-refractivity contribution >= 4 is 32.6 Å². The van der Waals surface area contributed by atoms with E-state index < -0.39 is 0 Å². The Balaban J connectivity index is 1.44. The molecule has 5 nitrogen and oxygen atoms in total. The van der Waals surface area contributed by atoms with Crippen LogP contribution in [0, 0.1) is 0 Å². The third-order valence-electron chi connectivity index (χ3n) is 3.22. The normalized spacial score (nSPS) is 18.3. The smallest absolute Gasteiger partial charge is 0.249 e. The first-order valence-corrected chi connectivity index (χ1v) is 7.63. The molecule has 0 aliphatic carbocycles. The minimum atomic E-state index is -0.252. The van der Waals surface area contributed by atoms with Crippen molar-refractivity contribution in [3.63, 3.8) is 0 Å². The van der Waals surface area contributed by atoms with Gasteiger partial charge in [0.15, 0.2) is 5.13 Å². The van der Waals surface area contributed by atoms with Crippen molar-refractivity contribution in [2.75, 3.05) is 25.0 Å². The number of rotatable bonds is 5. The molecule has 0 spiro atoms. The maximum atomic E-state index is 11.7. The molecule has 2 heterocycles.